The van der Waals surface area contributed by atoms with Gasteiger partial charge in [-0.25, -0.2) is 0 Å². The summed E-state index contributed by atoms with van der Waals surface area (Å²) in [6, 6.07) is 12.3. The first kappa shape index (κ1) is 7.56. The highest BCUT2D eigenvalue weighted by molar-refractivity contribution is 5.91. The van der Waals surface area contributed by atoms with E-state index in [4.69, 9.17) is 10.1 Å². The summed E-state index contributed by atoms with van der Waals surface area (Å²) >= 11 is 0. The molecule has 0 unspecified atom stereocenters. The molecule has 2 nitrogen and oxygen atoms in total. The second-order valence-corrected chi connectivity index (χ2v) is 3.51. The molecular formula is C12H9NO. The molecule has 1 heterocycles. The fraction of sp³-hybridized carbons (Fsp3) is 0.0833. The topological polar surface area (TPSA) is 33.1 Å². The van der Waals surface area contributed by atoms with Crippen molar-refractivity contribution in [3.05, 3.63) is 42.0 Å². The van der Waals surface area contributed by atoms with Crippen LogP contribution in [-0.2, 0) is 6.42 Å². The lowest BCUT2D eigenvalue weighted by Crippen LogP contribution is -1.98. The van der Waals surface area contributed by atoms with Crippen LogP contribution in [-0.4, -0.2) is 5.90 Å². The average molecular weight is 183 g/mol. The molecule has 2 heteroatoms. The van der Waals surface area contributed by atoms with Gasteiger partial charge in [-0.05, 0) is 22.9 Å². The van der Waals surface area contributed by atoms with E-state index in [1.165, 1.54) is 10.8 Å². The largest absolute Gasteiger partial charge is 0.443 e. The molecule has 0 aliphatic carbocycles. The average Bonchev–Trinajstić information content (AvgIpc) is 2.53. The van der Waals surface area contributed by atoms with E-state index in [0.717, 1.165) is 11.3 Å². The predicted molar refractivity (Wildman–Crippen MR) is 56.0 cm³/mol. The van der Waals surface area contributed by atoms with Crippen molar-refractivity contribution in [3.63, 3.8) is 0 Å². The van der Waals surface area contributed by atoms with Crippen LogP contribution >= 0.6 is 0 Å². The minimum atomic E-state index is 0.343. The van der Waals surface area contributed by atoms with Gasteiger partial charge in [-0.15, -0.1) is 0 Å². The molecular weight excluding hydrogens is 174 g/mol. The number of benzene rings is 2. The molecule has 2 aromatic rings. The van der Waals surface area contributed by atoms with Gasteiger partial charge >= 0.3 is 0 Å². The van der Waals surface area contributed by atoms with Gasteiger partial charge in [0.05, 0.1) is 6.42 Å². The summed E-state index contributed by atoms with van der Waals surface area (Å²) in [5.41, 5.74) is 1.12. The van der Waals surface area contributed by atoms with Crippen molar-refractivity contribution in [2.45, 2.75) is 6.42 Å². The summed E-state index contributed by atoms with van der Waals surface area (Å²) in [5, 5.41) is 9.83. The van der Waals surface area contributed by atoms with Crippen LogP contribution in [0.15, 0.2) is 36.4 Å². The second-order valence-electron chi connectivity index (χ2n) is 3.51. The SMILES string of the molecule is N=C1Cc2cc3ccccc3cc2O1. The monoisotopic (exact) mass is 183 g/mol. The van der Waals surface area contributed by atoms with Crippen LogP contribution in [0.5, 0.6) is 5.75 Å². The van der Waals surface area contributed by atoms with Crippen molar-refractivity contribution in [2.75, 3.05) is 0 Å². The lowest BCUT2D eigenvalue weighted by Gasteiger charge is -2.00. The van der Waals surface area contributed by atoms with Crippen LogP contribution < -0.4 is 4.74 Å². The Balaban J connectivity index is 2.31. The van der Waals surface area contributed by atoms with E-state index in [0.29, 0.717) is 12.3 Å². The highest BCUT2D eigenvalue weighted by atomic mass is 16.5. The lowest BCUT2D eigenvalue weighted by atomic mass is 10.1. The number of nitrogens with one attached hydrogen (secondary N) is 1. The predicted octanol–water partition coefficient (Wildman–Crippen LogP) is 2.75. The van der Waals surface area contributed by atoms with Crippen molar-refractivity contribution in [2.24, 2.45) is 0 Å². The van der Waals surface area contributed by atoms with Crippen molar-refractivity contribution in [1.29, 1.82) is 5.41 Å². The van der Waals surface area contributed by atoms with E-state index < -0.39 is 0 Å². The molecule has 1 aliphatic rings. The van der Waals surface area contributed by atoms with Crippen LogP contribution in [0.2, 0.25) is 0 Å². The molecule has 14 heavy (non-hydrogen) atoms. The third-order valence-electron chi connectivity index (χ3n) is 2.51. The quantitative estimate of drug-likeness (QED) is 0.669. The van der Waals surface area contributed by atoms with Crippen LogP contribution in [0.3, 0.4) is 0 Å². The summed E-state index contributed by atoms with van der Waals surface area (Å²) < 4.78 is 5.30. The van der Waals surface area contributed by atoms with E-state index in [1.54, 1.807) is 0 Å². The second kappa shape index (κ2) is 2.58. The minimum absolute atomic E-state index is 0.343. The summed E-state index contributed by atoms with van der Waals surface area (Å²) in [7, 11) is 0. The summed E-state index contributed by atoms with van der Waals surface area (Å²) in [4.78, 5) is 0. The van der Waals surface area contributed by atoms with Gasteiger partial charge in [0.2, 0.25) is 0 Å². The van der Waals surface area contributed by atoms with Gasteiger partial charge < -0.3 is 4.74 Å². The van der Waals surface area contributed by atoms with Crippen LogP contribution in [0.1, 0.15) is 5.56 Å². The maximum absolute atomic E-state index is 7.45. The number of rotatable bonds is 0. The highest BCUT2D eigenvalue weighted by Gasteiger charge is 2.17. The zero-order valence-electron chi connectivity index (χ0n) is 7.58. The van der Waals surface area contributed by atoms with E-state index in [2.05, 4.69) is 18.2 Å². The highest BCUT2D eigenvalue weighted by Crippen LogP contribution is 2.30. The van der Waals surface area contributed by atoms with E-state index in [-0.39, 0.29) is 0 Å². The van der Waals surface area contributed by atoms with E-state index in [9.17, 15) is 0 Å². The smallest absolute Gasteiger partial charge is 0.191 e. The Morgan fingerprint density at radius 3 is 2.57 bits per heavy atom. The molecule has 0 saturated heterocycles. The van der Waals surface area contributed by atoms with Gasteiger partial charge in [0.1, 0.15) is 5.75 Å². The zero-order chi connectivity index (χ0) is 9.54. The van der Waals surface area contributed by atoms with Gasteiger partial charge in [0, 0.05) is 5.56 Å². The molecule has 1 N–H and O–H groups in total. The molecule has 0 amide bonds. The zero-order valence-corrected chi connectivity index (χ0v) is 7.58. The molecule has 0 aromatic heterocycles. The Morgan fingerprint density at radius 2 is 1.79 bits per heavy atom. The number of hydrogen-bond donors (Lipinski definition) is 1. The van der Waals surface area contributed by atoms with Crippen molar-refractivity contribution in [1.82, 2.24) is 0 Å². The number of fused-ring (bicyclic) bond motifs is 2. The van der Waals surface area contributed by atoms with Gasteiger partial charge in [0.25, 0.3) is 0 Å². The Labute approximate surface area is 81.6 Å². The van der Waals surface area contributed by atoms with E-state index in [1.807, 2.05) is 18.2 Å². The Kier molecular flexibility index (Phi) is 1.39. The lowest BCUT2D eigenvalue weighted by molar-refractivity contribution is 0.560. The first-order chi connectivity index (χ1) is 6.83. The summed E-state index contributed by atoms with van der Waals surface area (Å²) in [6.45, 7) is 0. The van der Waals surface area contributed by atoms with Crippen LogP contribution in [0.25, 0.3) is 10.8 Å². The van der Waals surface area contributed by atoms with Gasteiger partial charge in [-0.3, -0.25) is 5.41 Å². The van der Waals surface area contributed by atoms with Gasteiger partial charge in [-0.2, -0.15) is 0 Å². The molecule has 3 rings (SSSR count). The molecule has 0 atom stereocenters. The van der Waals surface area contributed by atoms with Crippen molar-refractivity contribution < 1.29 is 4.74 Å². The fourth-order valence-corrected chi connectivity index (χ4v) is 1.84. The molecule has 0 spiro atoms. The van der Waals surface area contributed by atoms with Crippen molar-refractivity contribution >= 4 is 16.7 Å². The number of ether oxygens (including phenoxy) is 1. The first-order valence-electron chi connectivity index (χ1n) is 4.60. The first-order valence-corrected chi connectivity index (χ1v) is 4.60. The third-order valence-corrected chi connectivity index (χ3v) is 2.51. The molecule has 0 fully saturated rings. The molecule has 0 saturated carbocycles. The maximum Gasteiger partial charge on any atom is 0.191 e. The van der Waals surface area contributed by atoms with Crippen LogP contribution in [0, 0.1) is 5.41 Å². The Morgan fingerprint density at radius 1 is 1.07 bits per heavy atom. The maximum atomic E-state index is 7.45. The van der Waals surface area contributed by atoms with Gasteiger partial charge in [0.15, 0.2) is 5.90 Å². The third kappa shape index (κ3) is 1.01. The molecule has 68 valence electrons. The fourth-order valence-electron chi connectivity index (χ4n) is 1.84. The molecule has 0 bridgehead atoms. The normalized spacial score (nSPS) is 14.1. The summed E-state index contributed by atoms with van der Waals surface area (Å²) in [5.74, 6) is 1.18. The van der Waals surface area contributed by atoms with Crippen molar-refractivity contribution in [3.8, 4) is 5.75 Å². The molecule has 1 aliphatic heterocycles. The van der Waals surface area contributed by atoms with Crippen LogP contribution in [0.4, 0.5) is 0 Å². The Hall–Kier alpha value is -1.83. The Bertz CT molecular complexity index is 484. The summed E-state index contributed by atoms with van der Waals surface area (Å²) in [6.07, 6.45) is 0.625. The minimum Gasteiger partial charge on any atom is -0.443 e. The standard InChI is InChI=1S/C12H9NO/c13-12-7-10-5-8-3-1-2-4-9(8)6-11(10)14-12/h1-6,13H,7H2. The molecule has 0 radical (unpaired) electrons. The van der Waals surface area contributed by atoms with Gasteiger partial charge in [-0.1, -0.05) is 24.3 Å². The number of hydrogen-bond acceptors (Lipinski definition) is 2. The molecule has 2 aromatic carbocycles. The van der Waals surface area contributed by atoms with E-state index >= 15 is 0 Å².